The lowest BCUT2D eigenvalue weighted by atomic mass is 10.0. The molecule has 5 nitrogen and oxygen atoms in total. The van der Waals surface area contributed by atoms with Crippen LogP contribution in [0.25, 0.3) is 10.9 Å². The zero-order valence-electron chi connectivity index (χ0n) is 15.6. The zero-order chi connectivity index (χ0) is 18.6. The zero-order valence-corrected chi connectivity index (χ0v) is 15.6. The van der Waals surface area contributed by atoms with Crippen molar-refractivity contribution in [2.75, 3.05) is 11.9 Å². The Morgan fingerprint density at radius 3 is 2.48 bits per heavy atom. The Bertz CT molecular complexity index is 782. The van der Waals surface area contributed by atoms with Gasteiger partial charge in [-0.2, -0.15) is 0 Å². The highest BCUT2D eigenvalue weighted by atomic mass is 16.2. The van der Waals surface area contributed by atoms with Gasteiger partial charge in [-0.1, -0.05) is 33.8 Å². The number of anilines is 1. The Labute approximate surface area is 149 Å². The molecule has 0 fully saturated rings. The van der Waals surface area contributed by atoms with E-state index in [9.17, 15) is 9.59 Å². The summed E-state index contributed by atoms with van der Waals surface area (Å²) in [5.41, 5.74) is 2.70. The maximum Gasteiger partial charge on any atom is 0.252 e. The van der Waals surface area contributed by atoms with Crippen molar-refractivity contribution in [3.8, 4) is 0 Å². The lowest BCUT2D eigenvalue weighted by Gasteiger charge is -2.13. The Morgan fingerprint density at radius 2 is 1.84 bits per heavy atom. The van der Waals surface area contributed by atoms with E-state index in [-0.39, 0.29) is 17.7 Å². The van der Waals surface area contributed by atoms with Gasteiger partial charge in [0.15, 0.2) is 0 Å². The van der Waals surface area contributed by atoms with Crippen LogP contribution in [0.4, 0.5) is 5.69 Å². The molecule has 0 aliphatic rings. The number of pyridine rings is 1. The summed E-state index contributed by atoms with van der Waals surface area (Å²) in [5, 5.41) is 6.61. The minimum absolute atomic E-state index is 0.0850. The number of hydrogen-bond donors (Lipinski definition) is 2. The number of benzene rings is 1. The topological polar surface area (TPSA) is 71.1 Å². The molecule has 2 amide bonds. The van der Waals surface area contributed by atoms with Gasteiger partial charge in [0.05, 0.1) is 11.1 Å². The summed E-state index contributed by atoms with van der Waals surface area (Å²) in [5.74, 6) is 0.164. The van der Waals surface area contributed by atoms with E-state index < -0.39 is 0 Å². The standard InChI is InChI=1S/C20H27N3O2/c1-12(2)8-9-21-20(25)17-10-15(23-19(24)13(3)4)11-18-16(17)7-6-14(5)22-18/h6-7,10-13H,8-9H2,1-5H3,(H,21,25)(H,23,24). The molecule has 134 valence electrons. The summed E-state index contributed by atoms with van der Waals surface area (Å²) in [6, 6.07) is 7.33. The highest BCUT2D eigenvalue weighted by molar-refractivity contribution is 6.08. The number of hydrogen-bond acceptors (Lipinski definition) is 3. The number of amides is 2. The van der Waals surface area contributed by atoms with Crippen molar-refractivity contribution in [3.63, 3.8) is 0 Å². The number of rotatable bonds is 6. The van der Waals surface area contributed by atoms with Gasteiger partial charge in [0, 0.05) is 29.2 Å². The summed E-state index contributed by atoms with van der Waals surface area (Å²) in [6.45, 7) is 10.4. The number of aromatic nitrogens is 1. The average molecular weight is 341 g/mol. The average Bonchev–Trinajstić information content (AvgIpc) is 2.53. The van der Waals surface area contributed by atoms with Gasteiger partial charge in [0.1, 0.15) is 0 Å². The molecule has 0 unspecified atom stereocenters. The third-order valence-electron chi connectivity index (χ3n) is 3.99. The van der Waals surface area contributed by atoms with Gasteiger partial charge in [-0.25, -0.2) is 0 Å². The first-order valence-electron chi connectivity index (χ1n) is 8.78. The summed E-state index contributed by atoms with van der Waals surface area (Å²) in [4.78, 5) is 29.2. The molecule has 2 aromatic rings. The second-order valence-electron chi connectivity index (χ2n) is 7.13. The lowest BCUT2D eigenvalue weighted by molar-refractivity contribution is -0.118. The highest BCUT2D eigenvalue weighted by Gasteiger charge is 2.15. The van der Waals surface area contributed by atoms with Gasteiger partial charge < -0.3 is 10.6 Å². The van der Waals surface area contributed by atoms with Crippen LogP contribution in [0.15, 0.2) is 24.3 Å². The molecular weight excluding hydrogens is 314 g/mol. The van der Waals surface area contributed by atoms with E-state index in [0.29, 0.717) is 29.2 Å². The SMILES string of the molecule is Cc1ccc2c(C(=O)NCCC(C)C)cc(NC(=O)C(C)C)cc2n1. The molecule has 1 aromatic carbocycles. The fourth-order valence-corrected chi connectivity index (χ4v) is 2.45. The molecule has 0 radical (unpaired) electrons. The molecule has 0 aliphatic heterocycles. The Balaban J connectivity index is 2.38. The van der Waals surface area contributed by atoms with Crippen LogP contribution >= 0.6 is 0 Å². The quantitative estimate of drug-likeness (QED) is 0.837. The first-order chi connectivity index (χ1) is 11.8. The van der Waals surface area contributed by atoms with E-state index in [1.165, 1.54) is 0 Å². The van der Waals surface area contributed by atoms with Crippen molar-refractivity contribution in [2.24, 2.45) is 11.8 Å². The molecule has 1 heterocycles. The number of aryl methyl sites for hydroxylation is 1. The molecule has 0 aliphatic carbocycles. The number of nitrogens with one attached hydrogen (secondary N) is 2. The molecule has 2 rings (SSSR count). The largest absolute Gasteiger partial charge is 0.352 e. The Morgan fingerprint density at radius 1 is 1.12 bits per heavy atom. The second kappa shape index (κ2) is 8.10. The molecule has 0 bridgehead atoms. The first-order valence-corrected chi connectivity index (χ1v) is 8.78. The molecule has 0 atom stereocenters. The lowest BCUT2D eigenvalue weighted by Crippen LogP contribution is -2.26. The third-order valence-corrected chi connectivity index (χ3v) is 3.99. The van der Waals surface area contributed by atoms with Gasteiger partial charge >= 0.3 is 0 Å². The van der Waals surface area contributed by atoms with Crippen LogP contribution in [0, 0.1) is 18.8 Å². The predicted molar refractivity (Wildman–Crippen MR) is 102 cm³/mol. The van der Waals surface area contributed by atoms with E-state index in [4.69, 9.17) is 0 Å². The molecule has 0 saturated carbocycles. The Kier molecular flexibility index (Phi) is 6.12. The summed E-state index contributed by atoms with van der Waals surface area (Å²) in [6.07, 6.45) is 0.921. The number of carbonyl (C=O) groups is 2. The number of carbonyl (C=O) groups excluding carboxylic acids is 2. The highest BCUT2D eigenvalue weighted by Crippen LogP contribution is 2.24. The monoisotopic (exact) mass is 341 g/mol. The fraction of sp³-hybridized carbons (Fsp3) is 0.450. The van der Waals surface area contributed by atoms with Crippen molar-refractivity contribution in [1.29, 1.82) is 0 Å². The molecule has 1 aromatic heterocycles. The smallest absolute Gasteiger partial charge is 0.252 e. The van der Waals surface area contributed by atoms with Crippen LogP contribution in [0.5, 0.6) is 0 Å². The number of fused-ring (bicyclic) bond motifs is 1. The minimum Gasteiger partial charge on any atom is -0.352 e. The van der Waals surface area contributed by atoms with Crippen LogP contribution < -0.4 is 10.6 Å². The summed E-state index contributed by atoms with van der Waals surface area (Å²) >= 11 is 0. The predicted octanol–water partition coefficient (Wildman–Crippen LogP) is 3.91. The van der Waals surface area contributed by atoms with Crippen molar-refractivity contribution >= 4 is 28.4 Å². The van der Waals surface area contributed by atoms with Crippen LogP contribution in [-0.4, -0.2) is 23.3 Å². The molecule has 25 heavy (non-hydrogen) atoms. The summed E-state index contributed by atoms with van der Waals surface area (Å²) in [7, 11) is 0. The van der Waals surface area contributed by atoms with Crippen molar-refractivity contribution < 1.29 is 9.59 Å². The second-order valence-corrected chi connectivity index (χ2v) is 7.13. The molecule has 0 saturated heterocycles. The molecule has 0 spiro atoms. The molecule has 2 N–H and O–H groups in total. The Hall–Kier alpha value is -2.43. The normalized spacial score (nSPS) is 11.2. The van der Waals surface area contributed by atoms with Gasteiger partial charge in [-0.3, -0.25) is 14.6 Å². The molecule has 5 heteroatoms. The van der Waals surface area contributed by atoms with Gasteiger partial charge in [-0.05, 0) is 37.5 Å². The van der Waals surface area contributed by atoms with E-state index in [2.05, 4.69) is 29.5 Å². The summed E-state index contributed by atoms with van der Waals surface area (Å²) < 4.78 is 0. The fourth-order valence-electron chi connectivity index (χ4n) is 2.45. The van der Waals surface area contributed by atoms with Crippen LogP contribution in [0.2, 0.25) is 0 Å². The van der Waals surface area contributed by atoms with E-state index in [0.717, 1.165) is 17.5 Å². The number of nitrogens with zero attached hydrogens (tertiary/aromatic N) is 1. The van der Waals surface area contributed by atoms with Crippen LogP contribution in [0.3, 0.4) is 0 Å². The van der Waals surface area contributed by atoms with E-state index in [1.54, 1.807) is 6.07 Å². The first kappa shape index (κ1) is 18.9. The van der Waals surface area contributed by atoms with E-state index >= 15 is 0 Å². The van der Waals surface area contributed by atoms with Gasteiger partial charge in [0.2, 0.25) is 5.91 Å². The van der Waals surface area contributed by atoms with Crippen molar-refractivity contribution in [2.45, 2.75) is 41.0 Å². The molecular formula is C20H27N3O2. The van der Waals surface area contributed by atoms with Crippen molar-refractivity contribution in [3.05, 3.63) is 35.5 Å². The van der Waals surface area contributed by atoms with Crippen molar-refractivity contribution in [1.82, 2.24) is 10.3 Å². The maximum absolute atomic E-state index is 12.6. The van der Waals surface area contributed by atoms with Gasteiger partial charge in [-0.15, -0.1) is 0 Å². The maximum atomic E-state index is 12.6. The van der Waals surface area contributed by atoms with Crippen LogP contribution in [-0.2, 0) is 4.79 Å². The minimum atomic E-state index is -0.142. The third kappa shape index (κ3) is 5.02. The van der Waals surface area contributed by atoms with E-state index in [1.807, 2.05) is 39.0 Å². The van der Waals surface area contributed by atoms with Crippen LogP contribution in [0.1, 0.15) is 50.2 Å². The van der Waals surface area contributed by atoms with Gasteiger partial charge in [0.25, 0.3) is 5.91 Å².